The summed E-state index contributed by atoms with van der Waals surface area (Å²) in [4.78, 5) is 33.1. The molecule has 2 atom stereocenters. The lowest BCUT2D eigenvalue weighted by molar-refractivity contribution is -0.141. The molecule has 0 aliphatic carbocycles. The van der Waals surface area contributed by atoms with Crippen molar-refractivity contribution in [2.24, 2.45) is 5.92 Å². The number of methoxy groups -OCH3 is 1. The van der Waals surface area contributed by atoms with Crippen molar-refractivity contribution < 1.29 is 28.9 Å². The van der Waals surface area contributed by atoms with Crippen molar-refractivity contribution in [3.63, 3.8) is 0 Å². The number of aryl methyl sites for hydroxylation is 1. The molecule has 2 aliphatic heterocycles. The molecule has 9 nitrogen and oxygen atoms in total. The van der Waals surface area contributed by atoms with Crippen LogP contribution in [0.4, 0.5) is 10.1 Å². The predicted molar refractivity (Wildman–Crippen MR) is 193 cm³/mol. The van der Waals surface area contributed by atoms with E-state index in [1.807, 2.05) is 31.2 Å². The van der Waals surface area contributed by atoms with E-state index in [1.54, 1.807) is 61.8 Å². The Bertz CT molecular complexity index is 1920. The first-order chi connectivity index (χ1) is 24.1. The highest BCUT2D eigenvalue weighted by molar-refractivity contribution is 6.36. The van der Waals surface area contributed by atoms with Crippen molar-refractivity contribution in [2.45, 2.75) is 39.0 Å². The number of rotatable bonds is 11. The van der Waals surface area contributed by atoms with Gasteiger partial charge in [0.15, 0.2) is 0 Å². The van der Waals surface area contributed by atoms with Gasteiger partial charge in [-0.05, 0) is 61.2 Å². The number of anilines is 1. The Kier molecular flexibility index (Phi) is 10.9. The van der Waals surface area contributed by atoms with Gasteiger partial charge in [-0.1, -0.05) is 66.2 Å². The second kappa shape index (κ2) is 15.5. The van der Waals surface area contributed by atoms with Crippen LogP contribution in [-0.4, -0.2) is 76.3 Å². The van der Waals surface area contributed by atoms with E-state index >= 15 is 4.39 Å². The number of carboxylic acid groups (broad SMARTS) is 1. The minimum atomic E-state index is -0.763. The number of hydrogen-bond acceptors (Lipinski definition) is 7. The number of nitrogens with zero attached hydrogens (tertiary/aromatic N) is 3. The number of carboxylic acids is 1. The van der Waals surface area contributed by atoms with Crippen molar-refractivity contribution in [1.82, 2.24) is 14.8 Å². The number of benzene rings is 3. The van der Waals surface area contributed by atoms with Gasteiger partial charge in [-0.25, -0.2) is 4.39 Å². The van der Waals surface area contributed by atoms with Crippen LogP contribution in [0.1, 0.15) is 51.1 Å². The number of β-amino-alcohol motifs (C(OH)–C–C–N with tert-alkyl or cyclic N) is 1. The van der Waals surface area contributed by atoms with Crippen LogP contribution in [0.15, 0.2) is 66.9 Å². The first-order valence-corrected chi connectivity index (χ1v) is 17.0. The molecule has 11 heteroatoms. The average Bonchev–Trinajstić information content (AvgIpc) is 3.75. The van der Waals surface area contributed by atoms with Crippen LogP contribution < -0.4 is 10.1 Å². The van der Waals surface area contributed by atoms with Gasteiger partial charge >= 0.3 is 5.97 Å². The highest BCUT2D eigenvalue weighted by Crippen LogP contribution is 2.37. The summed E-state index contributed by atoms with van der Waals surface area (Å²) in [6, 6.07) is 17.6. The number of aliphatic hydroxyl groups is 1. The third-order valence-electron chi connectivity index (χ3n) is 9.40. The van der Waals surface area contributed by atoms with E-state index in [-0.39, 0.29) is 28.3 Å². The Morgan fingerprint density at radius 1 is 1.00 bits per heavy atom. The molecule has 0 spiro atoms. The minimum absolute atomic E-state index is 0.203. The summed E-state index contributed by atoms with van der Waals surface area (Å²) in [5, 5.41) is 22.1. The molecule has 2 fully saturated rings. The van der Waals surface area contributed by atoms with E-state index in [2.05, 4.69) is 20.1 Å². The van der Waals surface area contributed by atoms with Gasteiger partial charge in [0.2, 0.25) is 0 Å². The molecule has 0 saturated carbocycles. The number of ether oxygens (including phenoxy) is 1. The van der Waals surface area contributed by atoms with Crippen LogP contribution in [-0.2, 0) is 17.9 Å². The van der Waals surface area contributed by atoms with E-state index in [0.29, 0.717) is 61.7 Å². The third kappa shape index (κ3) is 8.05. The third-order valence-corrected chi connectivity index (χ3v) is 9.81. The molecule has 1 aromatic heterocycles. The Morgan fingerprint density at radius 2 is 1.74 bits per heavy atom. The summed E-state index contributed by atoms with van der Waals surface area (Å²) in [6.07, 6.45) is 6.28. The smallest absolute Gasteiger partial charge is 0.307 e. The number of likely N-dealkylation sites (tertiary alicyclic amines) is 2. The zero-order chi connectivity index (χ0) is 35.4. The van der Waals surface area contributed by atoms with Gasteiger partial charge in [-0.2, -0.15) is 0 Å². The fourth-order valence-electron chi connectivity index (χ4n) is 6.63. The van der Waals surface area contributed by atoms with E-state index in [1.165, 1.54) is 0 Å². The summed E-state index contributed by atoms with van der Waals surface area (Å²) in [7, 11) is 1.60. The number of amides is 1. The van der Waals surface area contributed by atoms with Crippen molar-refractivity contribution in [1.29, 1.82) is 0 Å². The molecular formula is C39H40ClFN4O5. The molecule has 3 N–H and O–H groups in total. The van der Waals surface area contributed by atoms with Gasteiger partial charge < -0.3 is 20.3 Å². The summed E-state index contributed by atoms with van der Waals surface area (Å²) in [5.41, 5.74) is 5.39. The van der Waals surface area contributed by atoms with Crippen molar-refractivity contribution in [2.75, 3.05) is 38.6 Å². The average molecular weight is 699 g/mol. The molecule has 4 aromatic rings. The normalized spacial score (nSPS) is 18.2. The van der Waals surface area contributed by atoms with Gasteiger partial charge in [-0.15, -0.1) is 0 Å². The van der Waals surface area contributed by atoms with Crippen LogP contribution >= 0.6 is 11.6 Å². The zero-order valence-electron chi connectivity index (χ0n) is 28.0. The molecule has 0 bridgehead atoms. The van der Waals surface area contributed by atoms with Gasteiger partial charge in [-0.3, -0.25) is 24.4 Å². The molecule has 0 unspecified atom stereocenters. The quantitative estimate of drug-likeness (QED) is 0.147. The summed E-state index contributed by atoms with van der Waals surface area (Å²) in [5.74, 6) is -1.33. The van der Waals surface area contributed by atoms with Crippen molar-refractivity contribution >= 4 is 41.3 Å². The second-order valence-electron chi connectivity index (χ2n) is 13.0. The molecule has 50 heavy (non-hydrogen) atoms. The van der Waals surface area contributed by atoms with Gasteiger partial charge in [0.05, 0.1) is 29.8 Å². The maximum absolute atomic E-state index is 16.0. The van der Waals surface area contributed by atoms with Crippen molar-refractivity contribution in [3.8, 4) is 16.9 Å². The molecule has 1 amide bonds. The first kappa shape index (κ1) is 35.2. The summed E-state index contributed by atoms with van der Waals surface area (Å²) in [6.45, 7) is 5.88. The lowest BCUT2D eigenvalue weighted by Gasteiger charge is -2.19. The lowest BCUT2D eigenvalue weighted by Crippen LogP contribution is -2.23. The lowest BCUT2D eigenvalue weighted by atomic mass is 9.99. The molecular weight excluding hydrogens is 659 g/mol. The molecule has 3 aromatic carbocycles. The maximum atomic E-state index is 16.0. The zero-order valence-corrected chi connectivity index (χ0v) is 28.8. The number of pyridine rings is 1. The van der Waals surface area contributed by atoms with E-state index in [9.17, 15) is 19.8 Å². The number of halogens is 2. The standard InChI is InChI=1S/C39H40ClFN4O5/c1-24-17-29(22-45-15-13-28(21-45)39(48)49)35(50-2)18-27(24)11-10-26-5-3-7-32(37(26)41)31-6-4-8-33(36(31)40)43-38(47)34-12-9-25(19-42-34)20-44-16-14-30(46)23-44/h3-12,17-19,28,30,46H,13-16,20-23H2,1-2H3,(H,43,47)(H,48,49)/b11-10+/t28-,30-/m1/s1. The number of aliphatic hydroxyl groups excluding tert-OH is 1. The van der Waals surface area contributed by atoms with Crippen LogP contribution in [0.25, 0.3) is 23.3 Å². The van der Waals surface area contributed by atoms with E-state index < -0.39 is 17.7 Å². The molecule has 0 radical (unpaired) electrons. The maximum Gasteiger partial charge on any atom is 0.307 e. The number of carbonyl (C=O) groups excluding carboxylic acids is 1. The molecule has 260 valence electrons. The molecule has 3 heterocycles. The molecule has 2 aliphatic rings. The molecule has 6 rings (SSSR count). The Morgan fingerprint density at radius 3 is 2.44 bits per heavy atom. The van der Waals surface area contributed by atoms with Gasteiger partial charge in [0.25, 0.3) is 5.91 Å². The largest absolute Gasteiger partial charge is 0.496 e. The fraction of sp³-hybridized carbons (Fsp3) is 0.308. The van der Waals surface area contributed by atoms with E-state index in [4.69, 9.17) is 16.3 Å². The minimum Gasteiger partial charge on any atom is -0.496 e. The Hall–Kier alpha value is -4.61. The summed E-state index contributed by atoms with van der Waals surface area (Å²) >= 11 is 6.77. The summed E-state index contributed by atoms with van der Waals surface area (Å²) < 4.78 is 21.7. The molecule has 2 saturated heterocycles. The first-order valence-electron chi connectivity index (χ1n) is 16.6. The monoisotopic (exact) mass is 698 g/mol. The topological polar surface area (TPSA) is 115 Å². The van der Waals surface area contributed by atoms with E-state index in [0.717, 1.165) is 35.2 Å². The highest BCUT2D eigenvalue weighted by atomic mass is 35.5. The van der Waals surface area contributed by atoms with Crippen LogP contribution in [0.2, 0.25) is 5.02 Å². The van der Waals surface area contributed by atoms with Gasteiger partial charge in [0.1, 0.15) is 17.3 Å². The number of hydrogen-bond donors (Lipinski definition) is 3. The Balaban J connectivity index is 1.16. The number of aliphatic carboxylic acids is 1. The number of carbonyl (C=O) groups is 2. The number of nitrogens with one attached hydrogen (secondary N) is 1. The van der Waals surface area contributed by atoms with Crippen molar-refractivity contribution in [3.05, 3.63) is 111 Å². The number of aromatic nitrogens is 1. The Labute approximate surface area is 296 Å². The van der Waals surface area contributed by atoms with Crippen LogP contribution in [0.5, 0.6) is 5.75 Å². The fourth-order valence-corrected chi connectivity index (χ4v) is 6.91. The predicted octanol–water partition coefficient (Wildman–Crippen LogP) is 6.75. The van der Waals surface area contributed by atoms with Crippen LogP contribution in [0.3, 0.4) is 0 Å². The van der Waals surface area contributed by atoms with Gasteiger partial charge in [0, 0.05) is 61.2 Å². The SMILES string of the molecule is COc1cc(/C=C/c2cccc(-c3cccc(NC(=O)c4ccc(CN5CC[C@@H](O)C5)cn4)c3Cl)c2F)c(C)cc1CN1CC[C@@H](C(=O)O)C1. The van der Waals surface area contributed by atoms with Crippen LogP contribution in [0, 0.1) is 18.7 Å². The second-order valence-corrected chi connectivity index (χ2v) is 13.4. The highest BCUT2D eigenvalue weighted by Gasteiger charge is 2.28.